The zero-order chi connectivity index (χ0) is 13.4. The van der Waals surface area contributed by atoms with E-state index in [-0.39, 0.29) is 0 Å². The quantitative estimate of drug-likeness (QED) is 0.761. The summed E-state index contributed by atoms with van der Waals surface area (Å²) in [4.78, 5) is 4.45. The average Bonchev–Trinajstić information content (AvgIpc) is 2.85. The van der Waals surface area contributed by atoms with Gasteiger partial charge in [-0.1, -0.05) is 24.3 Å². The highest BCUT2D eigenvalue weighted by Crippen LogP contribution is 2.23. The third-order valence-electron chi connectivity index (χ3n) is 3.51. The SMILES string of the molecule is Cc1ccc(C(O)c2cn3ccccc3n2)cc1C. The maximum Gasteiger partial charge on any atom is 0.137 e. The number of hydrogen-bond acceptors (Lipinski definition) is 2. The lowest BCUT2D eigenvalue weighted by Crippen LogP contribution is -2.00. The van der Waals surface area contributed by atoms with Gasteiger partial charge in [-0.2, -0.15) is 0 Å². The molecule has 0 fully saturated rings. The monoisotopic (exact) mass is 252 g/mol. The first-order valence-electron chi connectivity index (χ1n) is 6.34. The number of aliphatic hydroxyl groups excluding tert-OH is 1. The smallest absolute Gasteiger partial charge is 0.137 e. The second-order valence-electron chi connectivity index (χ2n) is 4.88. The number of aromatic nitrogens is 2. The van der Waals surface area contributed by atoms with E-state index in [9.17, 15) is 5.11 Å². The maximum atomic E-state index is 10.4. The minimum Gasteiger partial charge on any atom is -0.382 e. The second kappa shape index (κ2) is 4.52. The highest BCUT2D eigenvalue weighted by Gasteiger charge is 2.14. The Labute approximate surface area is 112 Å². The number of rotatable bonds is 2. The Morgan fingerprint density at radius 2 is 1.95 bits per heavy atom. The maximum absolute atomic E-state index is 10.4. The molecular formula is C16H16N2O. The number of imidazole rings is 1. The molecule has 1 N–H and O–H groups in total. The van der Waals surface area contributed by atoms with Crippen LogP contribution in [0.4, 0.5) is 0 Å². The third kappa shape index (κ3) is 2.13. The minimum absolute atomic E-state index is 0.675. The van der Waals surface area contributed by atoms with Crippen molar-refractivity contribution in [2.45, 2.75) is 20.0 Å². The molecule has 3 heteroatoms. The van der Waals surface area contributed by atoms with Gasteiger partial charge in [-0.25, -0.2) is 4.98 Å². The molecule has 2 heterocycles. The van der Waals surface area contributed by atoms with Gasteiger partial charge in [-0.05, 0) is 42.7 Å². The van der Waals surface area contributed by atoms with Crippen LogP contribution in [0.5, 0.6) is 0 Å². The molecule has 1 atom stereocenters. The van der Waals surface area contributed by atoms with E-state index in [1.165, 1.54) is 11.1 Å². The van der Waals surface area contributed by atoms with Crippen molar-refractivity contribution in [2.75, 3.05) is 0 Å². The van der Waals surface area contributed by atoms with E-state index >= 15 is 0 Å². The van der Waals surface area contributed by atoms with E-state index in [2.05, 4.69) is 18.8 Å². The Morgan fingerprint density at radius 1 is 1.11 bits per heavy atom. The Bertz CT molecular complexity index is 697. The summed E-state index contributed by atoms with van der Waals surface area (Å²) in [6.45, 7) is 4.12. The van der Waals surface area contributed by atoms with Crippen LogP contribution in [0.15, 0.2) is 48.8 Å². The number of nitrogens with zero attached hydrogens (tertiary/aromatic N) is 2. The van der Waals surface area contributed by atoms with Crippen molar-refractivity contribution in [1.82, 2.24) is 9.38 Å². The lowest BCUT2D eigenvalue weighted by atomic mass is 10.0. The van der Waals surface area contributed by atoms with Crippen LogP contribution in [0.3, 0.4) is 0 Å². The first-order valence-corrected chi connectivity index (χ1v) is 6.34. The van der Waals surface area contributed by atoms with Crippen molar-refractivity contribution in [3.8, 4) is 0 Å². The van der Waals surface area contributed by atoms with E-state index in [0.29, 0.717) is 5.69 Å². The third-order valence-corrected chi connectivity index (χ3v) is 3.51. The molecule has 0 spiro atoms. The molecule has 1 aromatic carbocycles. The Hall–Kier alpha value is -2.13. The highest BCUT2D eigenvalue weighted by molar-refractivity contribution is 5.42. The van der Waals surface area contributed by atoms with Gasteiger partial charge < -0.3 is 9.51 Å². The molecule has 0 aliphatic carbocycles. The summed E-state index contributed by atoms with van der Waals surface area (Å²) in [7, 11) is 0. The number of aliphatic hydroxyl groups is 1. The molecule has 1 unspecified atom stereocenters. The van der Waals surface area contributed by atoms with Crippen LogP contribution in [0.1, 0.15) is 28.5 Å². The lowest BCUT2D eigenvalue weighted by Gasteiger charge is -2.10. The summed E-state index contributed by atoms with van der Waals surface area (Å²) in [5.41, 5.74) is 4.81. The van der Waals surface area contributed by atoms with Crippen LogP contribution >= 0.6 is 0 Å². The predicted molar refractivity (Wildman–Crippen MR) is 75.2 cm³/mol. The molecule has 19 heavy (non-hydrogen) atoms. The molecule has 0 saturated heterocycles. The van der Waals surface area contributed by atoms with Crippen molar-refractivity contribution in [1.29, 1.82) is 0 Å². The van der Waals surface area contributed by atoms with Crippen LogP contribution in [-0.2, 0) is 0 Å². The van der Waals surface area contributed by atoms with Gasteiger partial charge in [0.15, 0.2) is 0 Å². The van der Waals surface area contributed by atoms with Gasteiger partial charge in [0.1, 0.15) is 11.8 Å². The predicted octanol–water partition coefficient (Wildman–Crippen LogP) is 3.03. The summed E-state index contributed by atoms with van der Waals surface area (Å²) in [6.07, 6.45) is 3.12. The Kier molecular flexibility index (Phi) is 2.84. The largest absolute Gasteiger partial charge is 0.382 e. The van der Waals surface area contributed by atoms with Gasteiger partial charge in [0.2, 0.25) is 0 Å². The molecule has 96 valence electrons. The van der Waals surface area contributed by atoms with E-state index in [1.54, 1.807) is 0 Å². The van der Waals surface area contributed by atoms with Crippen molar-refractivity contribution < 1.29 is 5.11 Å². The first-order chi connectivity index (χ1) is 9.15. The standard InChI is InChI=1S/C16H16N2O/c1-11-6-7-13(9-12(11)2)16(19)14-10-18-8-4-3-5-15(18)17-14/h3-10,16,19H,1-2H3. The van der Waals surface area contributed by atoms with E-state index in [1.807, 2.05) is 53.2 Å². The Balaban J connectivity index is 2.02. The molecule has 3 rings (SSSR count). The van der Waals surface area contributed by atoms with Crippen molar-refractivity contribution in [3.05, 3.63) is 71.2 Å². The number of aryl methyl sites for hydroxylation is 2. The molecule has 0 bridgehead atoms. The van der Waals surface area contributed by atoms with Crippen LogP contribution in [0, 0.1) is 13.8 Å². The molecule has 0 aliphatic rings. The molecule has 0 radical (unpaired) electrons. The fraction of sp³-hybridized carbons (Fsp3) is 0.188. The molecule has 3 aromatic rings. The van der Waals surface area contributed by atoms with Gasteiger partial charge in [-0.3, -0.25) is 0 Å². The number of hydrogen-bond donors (Lipinski definition) is 1. The zero-order valence-corrected chi connectivity index (χ0v) is 11.0. The van der Waals surface area contributed by atoms with Crippen LogP contribution in [-0.4, -0.2) is 14.5 Å². The Morgan fingerprint density at radius 3 is 2.68 bits per heavy atom. The highest BCUT2D eigenvalue weighted by atomic mass is 16.3. The van der Waals surface area contributed by atoms with Gasteiger partial charge in [-0.15, -0.1) is 0 Å². The number of pyridine rings is 1. The summed E-state index contributed by atoms with van der Waals surface area (Å²) in [5, 5.41) is 10.4. The van der Waals surface area contributed by atoms with Crippen LogP contribution in [0.25, 0.3) is 5.65 Å². The topological polar surface area (TPSA) is 37.5 Å². The second-order valence-corrected chi connectivity index (χ2v) is 4.88. The summed E-state index contributed by atoms with van der Waals surface area (Å²) in [5.74, 6) is 0. The van der Waals surface area contributed by atoms with E-state index < -0.39 is 6.10 Å². The lowest BCUT2D eigenvalue weighted by molar-refractivity contribution is 0.216. The molecular weight excluding hydrogens is 236 g/mol. The van der Waals surface area contributed by atoms with Gasteiger partial charge in [0.25, 0.3) is 0 Å². The normalized spacial score (nSPS) is 12.8. The average molecular weight is 252 g/mol. The molecule has 0 aliphatic heterocycles. The fourth-order valence-electron chi connectivity index (χ4n) is 2.19. The summed E-state index contributed by atoms with van der Waals surface area (Å²) in [6, 6.07) is 11.8. The molecule has 2 aromatic heterocycles. The first kappa shape index (κ1) is 11.9. The molecule has 3 nitrogen and oxygen atoms in total. The summed E-state index contributed by atoms with van der Waals surface area (Å²) >= 11 is 0. The molecule has 0 amide bonds. The molecule has 0 saturated carbocycles. The van der Waals surface area contributed by atoms with Gasteiger partial charge in [0, 0.05) is 12.4 Å². The van der Waals surface area contributed by atoms with Crippen molar-refractivity contribution >= 4 is 5.65 Å². The van der Waals surface area contributed by atoms with Crippen LogP contribution in [0.2, 0.25) is 0 Å². The minimum atomic E-state index is -0.681. The van der Waals surface area contributed by atoms with Gasteiger partial charge in [0.05, 0.1) is 5.69 Å². The summed E-state index contributed by atoms with van der Waals surface area (Å²) < 4.78 is 1.92. The van der Waals surface area contributed by atoms with E-state index in [0.717, 1.165) is 11.2 Å². The van der Waals surface area contributed by atoms with Crippen LogP contribution < -0.4 is 0 Å². The fourth-order valence-corrected chi connectivity index (χ4v) is 2.19. The van der Waals surface area contributed by atoms with E-state index in [4.69, 9.17) is 0 Å². The zero-order valence-electron chi connectivity index (χ0n) is 11.0. The number of benzene rings is 1. The van der Waals surface area contributed by atoms with Gasteiger partial charge >= 0.3 is 0 Å². The van der Waals surface area contributed by atoms with Crippen molar-refractivity contribution in [3.63, 3.8) is 0 Å². The van der Waals surface area contributed by atoms with Crippen molar-refractivity contribution in [2.24, 2.45) is 0 Å². The number of fused-ring (bicyclic) bond motifs is 1.